The topological polar surface area (TPSA) is 75.3 Å². The van der Waals surface area contributed by atoms with E-state index >= 15 is 0 Å². The Labute approximate surface area is 147 Å². The van der Waals surface area contributed by atoms with Crippen molar-refractivity contribution in [2.75, 3.05) is 6.54 Å². The quantitative estimate of drug-likeness (QED) is 0.653. The third-order valence-corrected chi connectivity index (χ3v) is 5.75. The second-order valence-electron chi connectivity index (χ2n) is 6.33. The molecule has 1 aromatic carbocycles. The van der Waals surface area contributed by atoms with E-state index in [4.69, 9.17) is 0 Å². The highest BCUT2D eigenvalue weighted by molar-refractivity contribution is 7.89. The summed E-state index contributed by atoms with van der Waals surface area (Å²) < 4.78 is 52.2. The molecule has 5 nitrogen and oxygen atoms in total. The SMILES string of the molecule is O=C(CCCCCNS(=O)(=O)c1ccc(F)c(F)c1)NC1CCCC1. The molecule has 0 unspecified atom stereocenters. The molecule has 0 aliphatic heterocycles. The fraction of sp³-hybridized carbons (Fsp3) is 0.588. The van der Waals surface area contributed by atoms with Crippen molar-refractivity contribution in [1.82, 2.24) is 10.0 Å². The van der Waals surface area contributed by atoms with Gasteiger partial charge in [0.15, 0.2) is 11.6 Å². The molecule has 2 N–H and O–H groups in total. The lowest BCUT2D eigenvalue weighted by Crippen LogP contribution is -2.32. The monoisotopic (exact) mass is 374 g/mol. The Bertz CT molecular complexity index is 689. The zero-order valence-corrected chi connectivity index (χ0v) is 14.9. The van der Waals surface area contributed by atoms with E-state index in [2.05, 4.69) is 10.0 Å². The van der Waals surface area contributed by atoms with Crippen LogP contribution in [0, 0.1) is 11.6 Å². The number of hydrogen-bond acceptors (Lipinski definition) is 3. The van der Waals surface area contributed by atoms with E-state index < -0.39 is 21.7 Å². The fourth-order valence-electron chi connectivity index (χ4n) is 2.89. The Hall–Kier alpha value is -1.54. The zero-order chi connectivity index (χ0) is 18.3. The van der Waals surface area contributed by atoms with Crippen LogP contribution in [0.5, 0.6) is 0 Å². The molecular formula is C17H24F2N2O3S. The average molecular weight is 374 g/mol. The van der Waals surface area contributed by atoms with Gasteiger partial charge in [0, 0.05) is 19.0 Å². The van der Waals surface area contributed by atoms with Gasteiger partial charge in [-0.3, -0.25) is 4.79 Å². The first-order chi connectivity index (χ1) is 11.9. The predicted molar refractivity (Wildman–Crippen MR) is 90.4 cm³/mol. The Kier molecular flexibility index (Phi) is 7.31. The molecular weight excluding hydrogens is 350 g/mol. The molecule has 0 radical (unpaired) electrons. The molecule has 1 fully saturated rings. The Morgan fingerprint density at radius 3 is 2.48 bits per heavy atom. The average Bonchev–Trinajstić information content (AvgIpc) is 3.06. The first-order valence-corrected chi connectivity index (χ1v) is 10.1. The highest BCUT2D eigenvalue weighted by Gasteiger charge is 2.17. The predicted octanol–water partition coefficient (Wildman–Crippen LogP) is 2.86. The first kappa shape index (κ1) is 19.8. The maximum absolute atomic E-state index is 13.1. The summed E-state index contributed by atoms with van der Waals surface area (Å²) in [6, 6.07) is 2.78. The summed E-state index contributed by atoms with van der Waals surface area (Å²) in [5, 5.41) is 3.01. The van der Waals surface area contributed by atoms with Gasteiger partial charge in [-0.05, 0) is 43.9 Å². The summed E-state index contributed by atoms with van der Waals surface area (Å²) in [4.78, 5) is 11.4. The van der Waals surface area contributed by atoms with Gasteiger partial charge in [-0.1, -0.05) is 19.3 Å². The molecule has 1 aliphatic carbocycles. The number of amides is 1. The first-order valence-electron chi connectivity index (χ1n) is 8.62. The van der Waals surface area contributed by atoms with Crippen molar-refractivity contribution in [3.05, 3.63) is 29.8 Å². The number of unbranched alkanes of at least 4 members (excludes halogenated alkanes) is 2. The number of benzene rings is 1. The molecule has 25 heavy (non-hydrogen) atoms. The lowest BCUT2D eigenvalue weighted by atomic mass is 10.1. The van der Waals surface area contributed by atoms with Crippen LogP contribution in [-0.2, 0) is 14.8 Å². The Morgan fingerprint density at radius 1 is 1.08 bits per heavy atom. The van der Waals surface area contributed by atoms with Gasteiger partial charge in [-0.25, -0.2) is 21.9 Å². The second-order valence-corrected chi connectivity index (χ2v) is 8.10. The molecule has 0 bridgehead atoms. The molecule has 0 aromatic heterocycles. The number of halogens is 2. The maximum atomic E-state index is 13.1. The Morgan fingerprint density at radius 2 is 1.80 bits per heavy atom. The largest absolute Gasteiger partial charge is 0.353 e. The third kappa shape index (κ3) is 6.36. The number of nitrogens with one attached hydrogen (secondary N) is 2. The minimum atomic E-state index is -3.85. The highest BCUT2D eigenvalue weighted by atomic mass is 32.2. The third-order valence-electron chi connectivity index (χ3n) is 4.29. The van der Waals surface area contributed by atoms with E-state index in [1.54, 1.807) is 0 Å². The van der Waals surface area contributed by atoms with E-state index in [0.717, 1.165) is 25.0 Å². The van der Waals surface area contributed by atoms with Gasteiger partial charge in [0.05, 0.1) is 4.90 Å². The zero-order valence-electron chi connectivity index (χ0n) is 14.1. The number of rotatable bonds is 9. The van der Waals surface area contributed by atoms with E-state index in [1.165, 1.54) is 12.8 Å². The summed E-state index contributed by atoms with van der Waals surface area (Å²) in [5.41, 5.74) is 0. The van der Waals surface area contributed by atoms with Gasteiger partial charge in [0.2, 0.25) is 15.9 Å². The molecule has 0 atom stereocenters. The van der Waals surface area contributed by atoms with E-state index in [1.807, 2.05) is 0 Å². The minimum absolute atomic E-state index is 0.0502. The summed E-state index contributed by atoms with van der Waals surface area (Å²) in [7, 11) is -3.85. The van der Waals surface area contributed by atoms with Crippen LogP contribution < -0.4 is 10.0 Å². The van der Waals surface area contributed by atoms with Crippen LogP contribution in [0.1, 0.15) is 51.4 Å². The highest BCUT2D eigenvalue weighted by Crippen LogP contribution is 2.18. The van der Waals surface area contributed by atoms with Crippen LogP contribution >= 0.6 is 0 Å². The van der Waals surface area contributed by atoms with Crippen molar-refractivity contribution >= 4 is 15.9 Å². The van der Waals surface area contributed by atoms with E-state index in [9.17, 15) is 22.0 Å². The van der Waals surface area contributed by atoms with Gasteiger partial charge < -0.3 is 5.32 Å². The summed E-state index contributed by atoms with van der Waals surface area (Å²) in [5.74, 6) is -2.24. The molecule has 1 amide bonds. The van der Waals surface area contributed by atoms with Crippen molar-refractivity contribution in [3.63, 3.8) is 0 Å². The maximum Gasteiger partial charge on any atom is 0.240 e. The Balaban J connectivity index is 1.63. The molecule has 1 saturated carbocycles. The fourth-order valence-corrected chi connectivity index (χ4v) is 3.98. The molecule has 8 heteroatoms. The molecule has 2 rings (SSSR count). The van der Waals surface area contributed by atoms with Crippen molar-refractivity contribution < 1.29 is 22.0 Å². The molecule has 1 aliphatic rings. The smallest absolute Gasteiger partial charge is 0.240 e. The van der Waals surface area contributed by atoms with Crippen LogP contribution in [0.2, 0.25) is 0 Å². The summed E-state index contributed by atoms with van der Waals surface area (Å²) >= 11 is 0. The standard InChI is InChI=1S/C17H24F2N2O3S/c18-15-10-9-14(12-16(15)19)25(23,24)20-11-5-1-2-8-17(22)21-13-6-3-4-7-13/h9-10,12-13,20H,1-8,11H2,(H,21,22). The summed E-state index contributed by atoms with van der Waals surface area (Å²) in [6.07, 6.45) is 6.84. The van der Waals surface area contributed by atoms with Crippen LogP contribution in [0.15, 0.2) is 23.1 Å². The van der Waals surface area contributed by atoms with Gasteiger partial charge >= 0.3 is 0 Å². The molecule has 0 spiro atoms. The van der Waals surface area contributed by atoms with Crippen LogP contribution in [0.4, 0.5) is 8.78 Å². The molecule has 1 aromatic rings. The number of carbonyl (C=O) groups excluding carboxylic acids is 1. The van der Waals surface area contributed by atoms with Crippen LogP contribution in [0.3, 0.4) is 0 Å². The van der Waals surface area contributed by atoms with Gasteiger partial charge in [0.1, 0.15) is 0 Å². The normalized spacial score (nSPS) is 15.4. The molecule has 140 valence electrons. The van der Waals surface area contributed by atoms with Crippen LogP contribution in [-0.4, -0.2) is 26.9 Å². The second kappa shape index (κ2) is 9.24. The lowest BCUT2D eigenvalue weighted by molar-refractivity contribution is -0.121. The number of carbonyl (C=O) groups is 1. The van der Waals surface area contributed by atoms with Crippen molar-refractivity contribution in [2.45, 2.75) is 62.3 Å². The molecule has 0 heterocycles. The van der Waals surface area contributed by atoms with E-state index in [-0.39, 0.29) is 17.3 Å². The van der Waals surface area contributed by atoms with Crippen LogP contribution in [0.25, 0.3) is 0 Å². The summed E-state index contributed by atoms with van der Waals surface area (Å²) in [6.45, 7) is 0.186. The van der Waals surface area contributed by atoms with Crippen molar-refractivity contribution in [2.24, 2.45) is 0 Å². The van der Waals surface area contributed by atoms with E-state index in [0.29, 0.717) is 37.8 Å². The number of hydrogen-bond donors (Lipinski definition) is 2. The van der Waals surface area contributed by atoms with Crippen molar-refractivity contribution in [1.29, 1.82) is 0 Å². The van der Waals surface area contributed by atoms with Gasteiger partial charge in [-0.15, -0.1) is 0 Å². The lowest BCUT2D eigenvalue weighted by Gasteiger charge is -2.11. The van der Waals surface area contributed by atoms with Gasteiger partial charge in [0.25, 0.3) is 0 Å². The number of sulfonamides is 1. The minimum Gasteiger partial charge on any atom is -0.353 e. The van der Waals surface area contributed by atoms with Crippen molar-refractivity contribution in [3.8, 4) is 0 Å². The van der Waals surface area contributed by atoms with Gasteiger partial charge in [-0.2, -0.15) is 0 Å². The molecule has 0 saturated heterocycles.